The van der Waals surface area contributed by atoms with E-state index < -0.39 is 0 Å². The largest absolute Gasteiger partial charge is 0.353 e. The van der Waals surface area contributed by atoms with Gasteiger partial charge in [-0.1, -0.05) is 24.7 Å². The van der Waals surface area contributed by atoms with Gasteiger partial charge in [0.25, 0.3) is 0 Å². The van der Waals surface area contributed by atoms with Gasteiger partial charge >= 0.3 is 0 Å². The molecule has 1 unspecified atom stereocenters. The first kappa shape index (κ1) is 9.87. The van der Waals surface area contributed by atoms with Crippen LogP contribution in [0.5, 0.6) is 0 Å². The maximum absolute atomic E-state index is 5.03. The molecule has 1 saturated heterocycles. The number of hydrogen-bond acceptors (Lipinski definition) is 2. The first-order valence-electron chi connectivity index (χ1n) is 5.16. The minimum atomic E-state index is 0.579. The summed E-state index contributed by atoms with van der Waals surface area (Å²) in [6.07, 6.45) is 5.98. The second-order valence-corrected chi connectivity index (χ2v) is 4.42. The number of piperidine rings is 1. The Labute approximate surface area is 90.0 Å². The molecule has 1 fully saturated rings. The maximum atomic E-state index is 5.03. The van der Waals surface area contributed by atoms with Crippen molar-refractivity contribution < 1.29 is 0 Å². The van der Waals surface area contributed by atoms with E-state index in [1.54, 1.807) is 0 Å². The monoisotopic (exact) mass is 208 g/mol. The molecule has 0 aliphatic carbocycles. The van der Waals surface area contributed by atoms with E-state index in [1.165, 1.54) is 31.4 Å². The van der Waals surface area contributed by atoms with E-state index in [-0.39, 0.29) is 0 Å². The van der Waals surface area contributed by atoms with Crippen molar-refractivity contribution in [2.45, 2.75) is 25.3 Å². The van der Waals surface area contributed by atoms with Crippen molar-refractivity contribution in [2.24, 2.45) is 0 Å². The van der Waals surface area contributed by atoms with Crippen molar-refractivity contribution in [3.8, 4) is 0 Å². The molecule has 1 aromatic rings. The fourth-order valence-corrected chi connectivity index (χ4v) is 2.25. The van der Waals surface area contributed by atoms with Gasteiger partial charge in [-0.15, -0.1) is 0 Å². The zero-order valence-corrected chi connectivity index (χ0v) is 9.31. The van der Waals surface area contributed by atoms with Gasteiger partial charge in [-0.2, -0.15) is 0 Å². The average molecular weight is 208 g/mol. The van der Waals surface area contributed by atoms with Crippen LogP contribution in [0.3, 0.4) is 0 Å². The Morgan fingerprint density at radius 2 is 2.29 bits per heavy atom. The van der Waals surface area contributed by atoms with Crippen molar-refractivity contribution in [1.29, 1.82) is 0 Å². The van der Waals surface area contributed by atoms with Gasteiger partial charge in [0.1, 0.15) is 4.64 Å². The van der Waals surface area contributed by atoms with E-state index in [9.17, 15) is 0 Å². The van der Waals surface area contributed by atoms with Crippen LogP contribution in [0.15, 0.2) is 18.3 Å². The van der Waals surface area contributed by atoms with Crippen molar-refractivity contribution in [3.05, 3.63) is 28.5 Å². The van der Waals surface area contributed by atoms with Gasteiger partial charge in [-0.25, -0.2) is 0 Å². The van der Waals surface area contributed by atoms with Crippen molar-refractivity contribution in [2.75, 3.05) is 13.6 Å². The van der Waals surface area contributed by atoms with Gasteiger partial charge in [-0.05, 0) is 38.1 Å². The molecule has 3 heteroatoms. The first-order valence-corrected chi connectivity index (χ1v) is 5.57. The maximum Gasteiger partial charge on any atom is 0.103 e. The number of aromatic amines is 1. The third kappa shape index (κ3) is 2.04. The molecule has 14 heavy (non-hydrogen) atoms. The summed E-state index contributed by atoms with van der Waals surface area (Å²) in [5.41, 5.74) is 1.36. The minimum Gasteiger partial charge on any atom is -0.353 e. The molecule has 1 atom stereocenters. The van der Waals surface area contributed by atoms with Crippen LogP contribution in [0, 0.1) is 4.64 Å². The fourth-order valence-electron chi connectivity index (χ4n) is 2.13. The number of pyridine rings is 1. The molecule has 1 aromatic heterocycles. The molecule has 0 saturated carbocycles. The lowest BCUT2D eigenvalue weighted by Gasteiger charge is -2.32. The second kappa shape index (κ2) is 4.24. The number of likely N-dealkylation sites (tertiary alicyclic amines) is 1. The number of aromatic nitrogens is 1. The highest BCUT2D eigenvalue weighted by atomic mass is 32.1. The van der Waals surface area contributed by atoms with Gasteiger partial charge in [0.2, 0.25) is 0 Å². The van der Waals surface area contributed by atoms with Gasteiger partial charge in [0.05, 0.1) is 0 Å². The first-order chi connectivity index (χ1) is 6.77. The Bertz CT molecular complexity index is 338. The van der Waals surface area contributed by atoms with Crippen LogP contribution in [0.2, 0.25) is 0 Å². The van der Waals surface area contributed by atoms with Gasteiger partial charge in [0.15, 0.2) is 0 Å². The predicted molar refractivity (Wildman–Crippen MR) is 60.8 cm³/mol. The SMILES string of the molecule is CN1CCCCC1c1ccc(=S)[nH]c1. The summed E-state index contributed by atoms with van der Waals surface area (Å²) in [5, 5.41) is 0. The highest BCUT2D eigenvalue weighted by Gasteiger charge is 2.19. The molecule has 1 aliphatic rings. The predicted octanol–water partition coefficient (Wildman–Crippen LogP) is 2.90. The lowest BCUT2D eigenvalue weighted by Crippen LogP contribution is -2.29. The Morgan fingerprint density at radius 3 is 2.93 bits per heavy atom. The molecule has 1 aliphatic heterocycles. The molecule has 2 heterocycles. The lowest BCUT2D eigenvalue weighted by molar-refractivity contribution is 0.187. The van der Waals surface area contributed by atoms with Crippen LogP contribution in [0.4, 0.5) is 0 Å². The molecular weight excluding hydrogens is 192 g/mol. The Morgan fingerprint density at radius 1 is 1.43 bits per heavy atom. The van der Waals surface area contributed by atoms with E-state index in [1.807, 2.05) is 6.07 Å². The summed E-state index contributed by atoms with van der Waals surface area (Å²) in [7, 11) is 2.20. The van der Waals surface area contributed by atoms with Crippen molar-refractivity contribution in [1.82, 2.24) is 9.88 Å². The molecular formula is C11H16N2S. The fraction of sp³-hybridized carbons (Fsp3) is 0.545. The minimum absolute atomic E-state index is 0.579. The Balaban J connectivity index is 2.20. The highest BCUT2D eigenvalue weighted by molar-refractivity contribution is 7.71. The third-order valence-electron chi connectivity index (χ3n) is 2.96. The zero-order valence-electron chi connectivity index (χ0n) is 8.49. The van der Waals surface area contributed by atoms with E-state index in [4.69, 9.17) is 12.2 Å². The molecule has 2 nitrogen and oxygen atoms in total. The molecule has 0 spiro atoms. The molecule has 0 aromatic carbocycles. The second-order valence-electron chi connectivity index (χ2n) is 3.98. The summed E-state index contributed by atoms with van der Waals surface area (Å²) >= 11 is 5.03. The van der Waals surface area contributed by atoms with E-state index in [0.29, 0.717) is 6.04 Å². The van der Waals surface area contributed by atoms with Crippen LogP contribution in [-0.2, 0) is 0 Å². The van der Waals surface area contributed by atoms with Crippen molar-refractivity contribution >= 4 is 12.2 Å². The van der Waals surface area contributed by atoms with Crippen LogP contribution in [0.25, 0.3) is 0 Å². The molecule has 0 radical (unpaired) electrons. The van der Waals surface area contributed by atoms with Crippen molar-refractivity contribution in [3.63, 3.8) is 0 Å². The van der Waals surface area contributed by atoms with E-state index in [2.05, 4.69) is 29.2 Å². The zero-order chi connectivity index (χ0) is 9.97. The summed E-state index contributed by atoms with van der Waals surface area (Å²) < 4.78 is 0.812. The summed E-state index contributed by atoms with van der Waals surface area (Å²) in [6, 6.07) is 4.70. The number of H-pyrrole nitrogens is 1. The number of hydrogen-bond donors (Lipinski definition) is 1. The van der Waals surface area contributed by atoms with Crippen LogP contribution < -0.4 is 0 Å². The van der Waals surface area contributed by atoms with Crippen LogP contribution >= 0.6 is 12.2 Å². The Hall–Kier alpha value is -0.670. The molecule has 1 N–H and O–H groups in total. The number of rotatable bonds is 1. The highest BCUT2D eigenvalue weighted by Crippen LogP contribution is 2.28. The third-order valence-corrected chi connectivity index (χ3v) is 3.22. The topological polar surface area (TPSA) is 19.0 Å². The molecule has 76 valence electrons. The number of nitrogens with zero attached hydrogens (tertiary/aromatic N) is 1. The summed E-state index contributed by atoms with van der Waals surface area (Å²) in [4.78, 5) is 5.53. The molecule has 2 rings (SSSR count). The lowest BCUT2D eigenvalue weighted by atomic mass is 9.97. The number of nitrogens with one attached hydrogen (secondary N) is 1. The van der Waals surface area contributed by atoms with Crippen LogP contribution in [-0.4, -0.2) is 23.5 Å². The normalized spacial score (nSPS) is 23.6. The Kier molecular flexibility index (Phi) is 2.99. The van der Waals surface area contributed by atoms with E-state index in [0.717, 1.165) is 4.64 Å². The smallest absolute Gasteiger partial charge is 0.103 e. The standard InChI is InChI=1S/C11H16N2S/c1-13-7-3-2-4-10(13)9-5-6-11(14)12-8-9/h5-6,8,10H,2-4,7H2,1H3,(H,12,14). The van der Waals surface area contributed by atoms with Gasteiger partial charge in [-0.3, -0.25) is 4.90 Å². The van der Waals surface area contributed by atoms with E-state index >= 15 is 0 Å². The molecule has 0 amide bonds. The molecule has 0 bridgehead atoms. The van der Waals surface area contributed by atoms with Gasteiger partial charge in [0, 0.05) is 12.2 Å². The quantitative estimate of drug-likeness (QED) is 0.716. The van der Waals surface area contributed by atoms with Crippen LogP contribution in [0.1, 0.15) is 30.9 Å². The van der Waals surface area contributed by atoms with Gasteiger partial charge < -0.3 is 4.98 Å². The average Bonchev–Trinajstić information content (AvgIpc) is 2.20. The summed E-state index contributed by atoms with van der Waals surface area (Å²) in [6.45, 7) is 1.21. The summed E-state index contributed by atoms with van der Waals surface area (Å²) in [5.74, 6) is 0.